The molecule has 0 saturated carbocycles. The maximum atomic E-state index is 12.5. The lowest BCUT2D eigenvalue weighted by molar-refractivity contribution is -0.384. The lowest BCUT2D eigenvalue weighted by Crippen LogP contribution is -2.14. The van der Waals surface area contributed by atoms with Crippen LogP contribution in [0.15, 0.2) is 48.7 Å². The number of carbonyl (C=O) groups excluding carboxylic acids is 2. The summed E-state index contributed by atoms with van der Waals surface area (Å²) in [4.78, 5) is 34.5. The van der Waals surface area contributed by atoms with Crippen LogP contribution >= 0.6 is 11.6 Å². The van der Waals surface area contributed by atoms with Crippen molar-refractivity contribution in [3.05, 3.63) is 80.6 Å². The number of anilines is 1. The van der Waals surface area contributed by atoms with Crippen molar-refractivity contribution >= 4 is 34.9 Å². The summed E-state index contributed by atoms with van der Waals surface area (Å²) in [5.74, 6) is -0.779. The summed E-state index contributed by atoms with van der Waals surface area (Å²) in [5.41, 5.74) is 1.22. The number of hydrogen-bond donors (Lipinski definition) is 1. The summed E-state index contributed by atoms with van der Waals surface area (Å²) in [6.45, 7) is 0.147. The first-order valence-corrected chi connectivity index (χ1v) is 9.25. The molecule has 3 rings (SSSR count). The van der Waals surface area contributed by atoms with E-state index in [1.54, 1.807) is 31.3 Å². The predicted molar refractivity (Wildman–Crippen MR) is 111 cm³/mol. The average molecular weight is 445 g/mol. The summed E-state index contributed by atoms with van der Waals surface area (Å²) in [7, 11) is 2.85. The van der Waals surface area contributed by atoms with Crippen molar-refractivity contribution < 1.29 is 24.0 Å². The van der Waals surface area contributed by atoms with Gasteiger partial charge in [-0.2, -0.15) is 5.10 Å². The number of amides is 1. The van der Waals surface area contributed by atoms with E-state index in [0.717, 1.165) is 5.56 Å². The lowest BCUT2D eigenvalue weighted by Gasteiger charge is -2.09. The molecular weight excluding hydrogens is 428 g/mol. The topological polar surface area (TPSA) is 126 Å². The smallest absolute Gasteiger partial charge is 0.360 e. The quantitative estimate of drug-likeness (QED) is 0.335. The van der Waals surface area contributed by atoms with Crippen LogP contribution in [0, 0.1) is 10.1 Å². The Hall–Kier alpha value is -3.92. The van der Waals surface area contributed by atoms with Crippen molar-refractivity contribution in [2.75, 3.05) is 12.4 Å². The van der Waals surface area contributed by atoms with Crippen LogP contribution in [0.2, 0.25) is 5.02 Å². The highest BCUT2D eigenvalue weighted by Gasteiger charge is 2.19. The first-order valence-electron chi connectivity index (χ1n) is 8.87. The first kappa shape index (κ1) is 21.8. The number of rotatable bonds is 7. The van der Waals surface area contributed by atoms with Gasteiger partial charge in [0.25, 0.3) is 11.6 Å². The minimum atomic E-state index is -0.659. The summed E-state index contributed by atoms with van der Waals surface area (Å²) >= 11 is 6.01. The second-order valence-electron chi connectivity index (χ2n) is 6.37. The number of carbonyl (C=O) groups is 2. The predicted octanol–water partition coefficient (Wildman–Crippen LogP) is 3.60. The van der Waals surface area contributed by atoms with E-state index in [-0.39, 0.29) is 28.7 Å². The number of nitro groups is 1. The highest BCUT2D eigenvalue weighted by atomic mass is 35.5. The second kappa shape index (κ2) is 9.26. The fourth-order valence-electron chi connectivity index (χ4n) is 2.66. The van der Waals surface area contributed by atoms with E-state index in [1.165, 1.54) is 36.2 Å². The number of nitro benzene ring substituents is 1. The Morgan fingerprint density at radius 2 is 1.94 bits per heavy atom. The molecule has 0 unspecified atom stereocenters. The molecule has 1 amide bonds. The van der Waals surface area contributed by atoms with Gasteiger partial charge in [0.1, 0.15) is 12.4 Å². The van der Waals surface area contributed by atoms with E-state index in [1.807, 2.05) is 0 Å². The monoisotopic (exact) mass is 444 g/mol. The Balaban J connectivity index is 1.65. The number of aryl methyl sites for hydroxylation is 1. The number of methoxy groups -OCH3 is 1. The van der Waals surface area contributed by atoms with Crippen molar-refractivity contribution in [3.63, 3.8) is 0 Å². The highest BCUT2D eigenvalue weighted by molar-refractivity contribution is 6.32. The fraction of sp³-hybridized carbons (Fsp3) is 0.150. The van der Waals surface area contributed by atoms with Crippen molar-refractivity contribution in [3.8, 4) is 5.75 Å². The standard InChI is InChI=1S/C20H17ClN4O6/c1-24-10-16(18(23-24)20(27)30-2)22-19(26)13-5-3-12(4-6-13)11-31-17-8-7-14(25(28)29)9-15(17)21/h3-10H,11H2,1-2H3,(H,22,26). The third-order valence-electron chi connectivity index (χ3n) is 4.19. The molecule has 11 heteroatoms. The Morgan fingerprint density at radius 1 is 1.23 bits per heavy atom. The first-order chi connectivity index (χ1) is 14.8. The van der Waals surface area contributed by atoms with E-state index in [9.17, 15) is 19.7 Å². The zero-order chi connectivity index (χ0) is 22.5. The number of benzene rings is 2. The number of nitrogens with zero attached hydrogens (tertiary/aromatic N) is 3. The molecular formula is C20H17ClN4O6. The second-order valence-corrected chi connectivity index (χ2v) is 6.78. The zero-order valence-corrected chi connectivity index (χ0v) is 17.3. The van der Waals surface area contributed by atoms with Gasteiger partial charge in [-0.3, -0.25) is 19.6 Å². The van der Waals surface area contributed by atoms with Gasteiger partial charge < -0.3 is 14.8 Å². The molecule has 0 atom stereocenters. The van der Waals surface area contributed by atoms with Crippen LogP contribution < -0.4 is 10.1 Å². The molecule has 0 radical (unpaired) electrons. The van der Waals surface area contributed by atoms with Crippen LogP contribution in [0.3, 0.4) is 0 Å². The van der Waals surface area contributed by atoms with Crippen LogP contribution in [0.4, 0.5) is 11.4 Å². The van der Waals surface area contributed by atoms with Gasteiger partial charge in [0.05, 0.1) is 22.7 Å². The molecule has 31 heavy (non-hydrogen) atoms. The summed E-state index contributed by atoms with van der Waals surface area (Å²) in [6.07, 6.45) is 1.50. The Bertz CT molecular complexity index is 1140. The third kappa shape index (κ3) is 5.17. The summed E-state index contributed by atoms with van der Waals surface area (Å²) < 4.78 is 11.6. The zero-order valence-electron chi connectivity index (χ0n) is 16.5. The van der Waals surface area contributed by atoms with Gasteiger partial charge in [0, 0.05) is 30.9 Å². The van der Waals surface area contributed by atoms with Gasteiger partial charge in [-0.1, -0.05) is 23.7 Å². The largest absolute Gasteiger partial charge is 0.487 e. The third-order valence-corrected chi connectivity index (χ3v) is 4.49. The molecule has 1 N–H and O–H groups in total. The normalized spacial score (nSPS) is 10.4. The van der Waals surface area contributed by atoms with Gasteiger partial charge in [-0.25, -0.2) is 4.79 Å². The van der Waals surface area contributed by atoms with Gasteiger partial charge >= 0.3 is 5.97 Å². The van der Waals surface area contributed by atoms with Crippen LogP contribution in [0.25, 0.3) is 0 Å². The number of non-ortho nitro benzene ring substituents is 1. The maximum absolute atomic E-state index is 12.5. The van der Waals surface area contributed by atoms with E-state index in [2.05, 4.69) is 15.2 Å². The number of esters is 1. The molecule has 160 valence electrons. The minimum absolute atomic E-state index is 0.00310. The van der Waals surface area contributed by atoms with Crippen molar-refractivity contribution in [2.24, 2.45) is 7.05 Å². The number of ether oxygens (including phenoxy) is 2. The average Bonchev–Trinajstić information content (AvgIpc) is 3.12. The van der Waals surface area contributed by atoms with Crippen LogP contribution in [0.1, 0.15) is 26.4 Å². The van der Waals surface area contributed by atoms with E-state index in [4.69, 9.17) is 16.3 Å². The molecule has 0 saturated heterocycles. The minimum Gasteiger partial charge on any atom is -0.487 e. The molecule has 0 aliphatic rings. The number of halogens is 1. The number of aromatic nitrogens is 2. The Kier molecular flexibility index (Phi) is 6.51. The number of hydrogen-bond acceptors (Lipinski definition) is 7. The molecule has 1 aromatic heterocycles. The highest BCUT2D eigenvalue weighted by Crippen LogP contribution is 2.29. The molecule has 10 nitrogen and oxygen atoms in total. The van der Waals surface area contributed by atoms with Crippen molar-refractivity contribution in [1.82, 2.24) is 9.78 Å². The molecule has 0 aliphatic carbocycles. The van der Waals surface area contributed by atoms with Gasteiger partial charge in [-0.15, -0.1) is 0 Å². The van der Waals surface area contributed by atoms with Crippen LogP contribution in [0.5, 0.6) is 5.75 Å². The molecule has 0 aliphatic heterocycles. The molecule has 0 spiro atoms. The van der Waals surface area contributed by atoms with E-state index < -0.39 is 16.8 Å². The Labute approximate surface area is 181 Å². The SMILES string of the molecule is COC(=O)c1nn(C)cc1NC(=O)c1ccc(COc2ccc([N+](=O)[O-])cc2Cl)cc1. The number of nitrogens with one attached hydrogen (secondary N) is 1. The molecule has 0 bridgehead atoms. The van der Waals surface area contributed by atoms with E-state index >= 15 is 0 Å². The van der Waals surface area contributed by atoms with Crippen LogP contribution in [-0.4, -0.2) is 33.7 Å². The molecule has 3 aromatic rings. The molecule has 1 heterocycles. The van der Waals surface area contributed by atoms with Crippen LogP contribution in [-0.2, 0) is 18.4 Å². The fourth-order valence-corrected chi connectivity index (χ4v) is 2.89. The van der Waals surface area contributed by atoms with Crippen molar-refractivity contribution in [1.29, 1.82) is 0 Å². The maximum Gasteiger partial charge on any atom is 0.360 e. The molecule has 2 aromatic carbocycles. The summed E-state index contributed by atoms with van der Waals surface area (Å²) in [6, 6.07) is 10.5. The van der Waals surface area contributed by atoms with E-state index in [0.29, 0.717) is 11.3 Å². The van der Waals surface area contributed by atoms with Crippen molar-refractivity contribution in [2.45, 2.75) is 6.61 Å². The van der Waals surface area contributed by atoms with Gasteiger partial charge in [0.2, 0.25) is 0 Å². The Morgan fingerprint density at radius 3 is 2.55 bits per heavy atom. The van der Waals surface area contributed by atoms with Gasteiger partial charge in [-0.05, 0) is 23.8 Å². The molecule has 0 fully saturated rings. The lowest BCUT2D eigenvalue weighted by atomic mass is 10.1. The van der Waals surface area contributed by atoms with Gasteiger partial charge in [0.15, 0.2) is 5.69 Å². The summed E-state index contributed by atoms with van der Waals surface area (Å²) in [5, 5.41) is 17.5.